The van der Waals surface area contributed by atoms with Gasteiger partial charge in [-0.1, -0.05) is 17.7 Å². The van der Waals surface area contributed by atoms with Crippen molar-refractivity contribution in [1.29, 1.82) is 0 Å². The second-order valence-electron chi connectivity index (χ2n) is 8.61. The van der Waals surface area contributed by atoms with Gasteiger partial charge in [0.15, 0.2) is 0 Å². The molecule has 0 radical (unpaired) electrons. The van der Waals surface area contributed by atoms with Crippen molar-refractivity contribution < 1.29 is 4.79 Å². The number of carbonyl (C=O) groups excluding carboxylic acids is 1. The molecular formula is C24H32N3O+. The fraction of sp³-hybridized carbons (Fsp3) is 0.458. The molecule has 2 saturated heterocycles. The Labute approximate surface area is 168 Å². The average molecular weight is 379 g/mol. The third-order valence-electron chi connectivity index (χ3n) is 6.85. The number of quaternary nitrogens is 1. The highest BCUT2D eigenvalue weighted by Gasteiger charge is 2.47. The van der Waals surface area contributed by atoms with Crippen molar-refractivity contribution in [3.8, 4) is 0 Å². The molecule has 3 unspecified atom stereocenters. The average Bonchev–Trinajstić information content (AvgIpc) is 3.32. The van der Waals surface area contributed by atoms with Gasteiger partial charge in [0.2, 0.25) is 0 Å². The Kier molecular flexibility index (Phi) is 5.26. The van der Waals surface area contributed by atoms with E-state index in [0.717, 1.165) is 34.4 Å². The summed E-state index contributed by atoms with van der Waals surface area (Å²) in [6.45, 7) is 9.90. The van der Waals surface area contributed by atoms with Crippen LogP contribution in [0.2, 0.25) is 0 Å². The quantitative estimate of drug-likeness (QED) is 0.774. The summed E-state index contributed by atoms with van der Waals surface area (Å²) in [5, 5.41) is 6.63. The Morgan fingerprint density at radius 2 is 1.89 bits per heavy atom. The lowest BCUT2D eigenvalue weighted by molar-refractivity contribution is 0.102. The van der Waals surface area contributed by atoms with Crippen molar-refractivity contribution >= 4 is 17.3 Å². The Hall–Kier alpha value is -2.17. The molecule has 4 rings (SSSR count). The standard InChI is InChI=1S/C24H31N3O/c1-17-6-11-23(18(2)15-17)24(28)26-20-7-9-21(10-8-20)27(14-4-5-19(27)3)22-12-13-25-16-22/h6-11,15,19,22,25H,4-5,12-14,16H2,1-3H3/p+1. The Morgan fingerprint density at radius 1 is 1.11 bits per heavy atom. The van der Waals surface area contributed by atoms with E-state index in [1.165, 1.54) is 37.1 Å². The lowest BCUT2D eigenvalue weighted by Crippen LogP contribution is -2.59. The van der Waals surface area contributed by atoms with Crippen molar-refractivity contribution in [3.05, 3.63) is 59.2 Å². The van der Waals surface area contributed by atoms with Crippen LogP contribution < -0.4 is 15.1 Å². The number of benzene rings is 2. The number of carbonyl (C=O) groups is 1. The summed E-state index contributed by atoms with van der Waals surface area (Å²) in [4.78, 5) is 12.7. The molecule has 2 heterocycles. The maximum atomic E-state index is 12.7. The van der Waals surface area contributed by atoms with Gasteiger partial charge in [0.1, 0.15) is 11.7 Å². The van der Waals surface area contributed by atoms with Crippen LogP contribution in [-0.4, -0.2) is 37.6 Å². The highest BCUT2D eigenvalue weighted by atomic mass is 16.1. The fourth-order valence-corrected chi connectivity index (χ4v) is 5.36. The van der Waals surface area contributed by atoms with Crippen LogP contribution in [0.4, 0.5) is 11.4 Å². The van der Waals surface area contributed by atoms with E-state index in [9.17, 15) is 4.79 Å². The summed E-state index contributed by atoms with van der Waals surface area (Å²) >= 11 is 0. The minimum Gasteiger partial charge on any atom is -0.322 e. The summed E-state index contributed by atoms with van der Waals surface area (Å²) in [6.07, 6.45) is 3.83. The van der Waals surface area contributed by atoms with Crippen LogP contribution in [0.25, 0.3) is 0 Å². The highest BCUT2D eigenvalue weighted by Crippen LogP contribution is 2.39. The topological polar surface area (TPSA) is 41.1 Å². The van der Waals surface area contributed by atoms with E-state index < -0.39 is 0 Å². The third kappa shape index (κ3) is 3.36. The van der Waals surface area contributed by atoms with Gasteiger partial charge in [-0.25, -0.2) is 0 Å². The first kappa shape index (κ1) is 19.2. The molecule has 2 aromatic carbocycles. The van der Waals surface area contributed by atoms with Gasteiger partial charge in [0.05, 0.1) is 12.6 Å². The smallest absolute Gasteiger partial charge is 0.255 e. The minimum absolute atomic E-state index is 0.0383. The number of nitrogens with one attached hydrogen (secondary N) is 2. The minimum atomic E-state index is -0.0383. The van der Waals surface area contributed by atoms with Gasteiger partial charge in [-0.2, -0.15) is 0 Å². The largest absolute Gasteiger partial charge is 0.322 e. The maximum Gasteiger partial charge on any atom is 0.255 e. The fourth-order valence-electron chi connectivity index (χ4n) is 5.36. The number of nitrogens with zero attached hydrogens (tertiary/aromatic N) is 1. The summed E-state index contributed by atoms with van der Waals surface area (Å²) in [5.74, 6) is -0.0383. The van der Waals surface area contributed by atoms with Gasteiger partial charge in [-0.15, -0.1) is 0 Å². The van der Waals surface area contributed by atoms with Gasteiger partial charge in [0.25, 0.3) is 5.91 Å². The van der Waals surface area contributed by atoms with Gasteiger partial charge in [0, 0.05) is 55.7 Å². The first-order valence-corrected chi connectivity index (χ1v) is 10.6. The molecule has 0 spiro atoms. The van der Waals surface area contributed by atoms with E-state index >= 15 is 0 Å². The van der Waals surface area contributed by atoms with E-state index in [1.807, 2.05) is 26.0 Å². The zero-order valence-corrected chi connectivity index (χ0v) is 17.3. The first-order valence-electron chi connectivity index (χ1n) is 10.6. The van der Waals surface area contributed by atoms with Crippen molar-refractivity contribution in [3.63, 3.8) is 0 Å². The highest BCUT2D eigenvalue weighted by molar-refractivity contribution is 6.05. The molecule has 2 aliphatic heterocycles. The molecule has 0 aliphatic carbocycles. The third-order valence-corrected chi connectivity index (χ3v) is 6.85. The number of likely N-dealkylation sites (tertiary alicyclic amines) is 1. The number of aryl methyl sites for hydroxylation is 2. The Balaban J connectivity index is 1.55. The summed E-state index contributed by atoms with van der Waals surface area (Å²) in [6, 6.07) is 15.9. The predicted octanol–water partition coefficient (Wildman–Crippen LogP) is 4.41. The molecule has 0 saturated carbocycles. The van der Waals surface area contributed by atoms with Crippen molar-refractivity contribution in [2.45, 2.75) is 52.1 Å². The maximum absolute atomic E-state index is 12.7. The van der Waals surface area contributed by atoms with Crippen LogP contribution in [-0.2, 0) is 0 Å². The summed E-state index contributed by atoms with van der Waals surface area (Å²) in [7, 11) is 0. The second kappa shape index (κ2) is 7.69. The molecule has 4 heteroatoms. The number of hydrogen-bond donors (Lipinski definition) is 2. The number of rotatable bonds is 4. The van der Waals surface area contributed by atoms with Crippen LogP contribution in [0.1, 0.15) is 47.7 Å². The van der Waals surface area contributed by atoms with Gasteiger partial charge in [-0.3, -0.25) is 9.28 Å². The van der Waals surface area contributed by atoms with E-state index in [-0.39, 0.29) is 5.91 Å². The van der Waals surface area contributed by atoms with E-state index in [1.54, 1.807) is 0 Å². The molecular weight excluding hydrogens is 346 g/mol. The normalized spacial score (nSPS) is 27.1. The summed E-state index contributed by atoms with van der Waals surface area (Å²) < 4.78 is 1.10. The molecule has 3 atom stereocenters. The molecule has 2 fully saturated rings. The zero-order valence-electron chi connectivity index (χ0n) is 17.3. The molecule has 148 valence electrons. The molecule has 0 bridgehead atoms. The monoisotopic (exact) mass is 378 g/mol. The van der Waals surface area contributed by atoms with Crippen molar-refractivity contribution in [1.82, 2.24) is 9.80 Å². The van der Waals surface area contributed by atoms with Gasteiger partial charge >= 0.3 is 0 Å². The Bertz CT molecular complexity index is 855. The van der Waals surface area contributed by atoms with E-state index in [2.05, 4.69) is 47.9 Å². The lowest BCUT2D eigenvalue weighted by Gasteiger charge is -2.43. The predicted molar refractivity (Wildman–Crippen MR) is 117 cm³/mol. The molecule has 2 N–H and O–H groups in total. The number of anilines is 1. The molecule has 2 aliphatic rings. The van der Waals surface area contributed by atoms with Crippen LogP contribution in [0.15, 0.2) is 42.5 Å². The van der Waals surface area contributed by atoms with Crippen LogP contribution in [0.3, 0.4) is 0 Å². The summed E-state index contributed by atoms with van der Waals surface area (Å²) in [5.41, 5.74) is 5.18. The molecule has 4 nitrogen and oxygen atoms in total. The van der Waals surface area contributed by atoms with Gasteiger partial charge in [-0.05, 0) is 44.5 Å². The molecule has 0 aromatic heterocycles. The van der Waals surface area contributed by atoms with Crippen LogP contribution in [0, 0.1) is 13.8 Å². The molecule has 2 aromatic rings. The number of amides is 1. The molecule has 1 amide bonds. The SMILES string of the molecule is Cc1ccc(C(=O)Nc2ccc([N+]3(C4CCNC4)CCCC3C)cc2)c(C)c1. The zero-order chi connectivity index (χ0) is 19.7. The second-order valence-corrected chi connectivity index (χ2v) is 8.61. The molecule has 28 heavy (non-hydrogen) atoms. The lowest BCUT2D eigenvalue weighted by atomic mass is 10.0. The van der Waals surface area contributed by atoms with Crippen LogP contribution >= 0.6 is 0 Å². The Morgan fingerprint density at radius 3 is 2.50 bits per heavy atom. The van der Waals surface area contributed by atoms with Gasteiger partial charge < -0.3 is 10.6 Å². The van der Waals surface area contributed by atoms with E-state index in [0.29, 0.717) is 12.1 Å². The van der Waals surface area contributed by atoms with E-state index in [4.69, 9.17) is 0 Å². The first-order chi connectivity index (χ1) is 13.5. The van der Waals surface area contributed by atoms with Crippen LogP contribution in [0.5, 0.6) is 0 Å². The van der Waals surface area contributed by atoms with Crippen molar-refractivity contribution in [2.24, 2.45) is 0 Å². The van der Waals surface area contributed by atoms with Crippen molar-refractivity contribution in [2.75, 3.05) is 25.0 Å². The number of hydrogen-bond acceptors (Lipinski definition) is 2.